The highest BCUT2D eigenvalue weighted by atomic mass is 16.6. The molecule has 0 bridgehead atoms. The number of esters is 2. The molecule has 0 amide bonds. The summed E-state index contributed by atoms with van der Waals surface area (Å²) in [4.78, 5) is 23.0. The van der Waals surface area contributed by atoms with Gasteiger partial charge in [-0.05, 0) is 18.4 Å². The zero-order chi connectivity index (χ0) is 16.2. The van der Waals surface area contributed by atoms with Crippen molar-refractivity contribution >= 4 is 11.9 Å². The van der Waals surface area contributed by atoms with Crippen LogP contribution in [0.4, 0.5) is 0 Å². The molecular formula is C17H20O5. The third-order valence-corrected chi connectivity index (χ3v) is 5.18. The topological polar surface area (TPSA) is 72.8 Å². The Hall–Kier alpha value is -1.88. The van der Waals surface area contributed by atoms with Crippen LogP contribution in [0.2, 0.25) is 0 Å². The van der Waals surface area contributed by atoms with Crippen molar-refractivity contribution in [2.24, 2.45) is 11.8 Å². The summed E-state index contributed by atoms with van der Waals surface area (Å²) in [7, 11) is 0. The van der Waals surface area contributed by atoms with E-state index < -0.39 is 23.6 Å². The monoisotopic (exact) mass is 304 g/mol. The number of carbonyl (C=O) groups is 2. The first-order chi connectivity index (χ1) is 10.2. The van der Waals surface area contributed by atoms with Crippen LogP contribution < -0.4 is 0 Å². The van der Waals surface area contributed by atoms with Crippen molar-refractivity contribution in [1.29, 1.82) is 0 Å². The lowest BCUT2D eigenvalue weighted by Crippen LogP contribution is -2.37. The van der Waals surface area contributed by atoms with Gasteiger partial charge in [0.2, 0.25) is 0 Å². The predicted molar refractivity (Wildman–Crippen MR) is 78.6 cm³/mol. The van der Waals surface area contributed by atoms with Crippen LogP contribution in [0.15, 0.2) is 36.5 Å². The molecule has 118 valence electrons. The van der Waals surface area contributed by atoms with Gasteiger partial charge in [0, 0.05) is 30.8 Å². The number of carbonyl (C=O) groups excluding carboxylic acids is 2. The van der Waals surface area contributed by atoms with Crippen molar-refractivity contribution in [2.45, 2.75) is 44.0 Å². The van der Waals surface area contributed by atoms with Gasteiger partial charge in [-0.2, -0.15) is 0 Å². The lowest BCUT2D eigenvalue weighted by atomic mass is 9.79. The lowest BCUT2D eigenvalue weighted by Gasteiger charge is -2.31. The number of fused-ring (bicyclic) bond motifs is 2. The standard InChI is InChI=1S/C17H20O5/c1-8-5-15-12(9(2)16(19)22-15)7-17(20)10(3)14(6-13(8)17)21-11(4)18/h12-15,20H,1-3,5-7H2,4H3/t12-,13+,14-,15+,17+/m1/s1. The van der Waals surface area contributed by atoms with Crippen LogP contribution in [-0.4, -0.2) is 34.9 Å². The van der Waals surface area contributed by atoms with Crippen LogP contribution in [-0.2, 0) is 19.1 Å². The van der Waals surface area contributed by atoms with Gasteiger partial charge in [0.25, 0.3) is 0 Å². The predicted octanol–water partition coefficient (Wildman–Crippen LogP) is 1.67. The van der Waals surface area contributed by atoms with Crippen LogP contribution in [0.25, 0.3) is 0 Å². The molecule has 0 spiro atoms. The second-order valence-corrected chi connectivity index (χ2v) is 6.48. The molecule has 0 aromatic rings. The molecule has 5 nitrogen and oxygen atoms in total. The highest BCUT2D eigenvalue weighted by molar-refractivity contribution is 5.91. The molecule has 1 N–H and O–H groups in total. The largest absolute Gasteiger partial charge is 0.458 e. The van der Waals surface area contributed by atoms with Crippen LogP contribution in [0.1, 0.15) is 26.2 Å². The third kappa shape index (κ3) is 2.03. The average Bonchev–Trinajstić information content (AvgIpc) is 2.77. The quantitative estimate of drug-likeness (QED) is 0.453. The van der Waals surface area contributed by atoms with Crippen LogP contribution in [0.5, 0.6) is 0 Å². The van der Waals surface area contributed by atoms with Gasteiger partial charge in [-0.25, -0.2) is 4.79 Å². The summed E-state index contributed by atoms with van der Waals surface area (Å²) in [6.07, 6.45) is 0.410. The van der Waals surface area contributed by atoms with Gasteiger partial charge in [-0.3, -0.25) is 4.79 Å². The molecule has 3 aliphatic rings. The Labute approximate surface area is 129 Å². The van der Waals surface area contributed by atoms with Gasteiger partial charge in [-0.1, -0.05) is 25.3 Å². The Morgan fingerprint density at radius 2 is 2.09 bits per heavy atom. The second-order valence-electron chi connectivity index (χ2n) is 6.48. The summed E-state index contributed by atoms with van der Waals surface area (Å²) in [5.41, 5.74) is 0.415. The van der Waals surface area contributed by atoms with E-state index in [1.165, 1.54) is 6.92 Å². The van der Waals surface area contributed by atoms with Crippen LogP contribution in [0.3, 0.4) is 0 Å². The Bertz CT molecular complexity index is 604. The first-order valence-corrected chi connectivity index (χ1v) is 7.40. The van der Waals surface area contributed by atoms with Crippen LogP contribution in [0, 0.1) is 11.8 Å². The summed E-state index contributed by atoms with van der Waals surface area (Å²) in [6.45, 7) is 13.1. The Morgan fingerprint density at radius 3 is 2.73 bits per heavy atom. The van der Waals surface area contributed by atoms with E-state index in [1.807, 2.05) is 0 Å². The first-order valence-electron chi connectivity index (χ1n) is 7.40. The molecule has 0 radical (unpaired) electrons. The van der Waals surface area contributed by atoms with E-state index >= 15 is 0 Å². The van der Waals surface area contributed by atoms with E-state index in [2.05, 4.69) is 19.7 Å². The van der Waals surface area contributed by atoms with E-state index in [9.17, 15) is 14.7 Å². The fraction of sp³-hybridized carbons (Fsp3) is 0.529. The zero-order valence-electron chi connectivity index (χ0n) is 12.6. The highest BCUT2D eigenvalue weighted by Crippen LogP contribution is 2.54. The molecule has 1 heterocycles. The molecule has 0 aromatic heterocycles. The Kier molecular flexibility index (Phi) is 3.29. The van der Waals surface area contributed by atoms with Gasteiger partial charge in [-0.15, -0.1) is 0 Å². The van der Waals surface area contributed by atoms with E-state index in [-0.39, 0.29) is 17.9 Å². The molecular weight excluding hydrogens is 284 g/mol. The summed E-state index contributed by atoms with van der Waals surface area (Å²) >= 11 is 0. The van der Waals surface area contributed by atoms with E-state index in [0.717, 1.165) is 5.57 Å². The molecule has 3 rings (SSSR count). The maximum Gasteiger partial charge on any atom is 0.334 e. The van der Waals surface area contributed by atoms with Crippen LogP contribution >= 0.6 is 0 Å². The molecule has 2 aliphatic carbocycles. The molecule has 22 heavy (non-hydrogen) atoms. The SMILES string of the molecule is C=C1C(=O)O[C@H]2CC(=C)[C@@H]3C[C@@H](OC(C)=O)C(=C)[C@@]3(O)C[C@H]12. The van der Waals surface area contributed by atoms with Crippen molar-refractivity contribution in [2.75, 3.05) is 0 Å². The summed E-state index contributed by atoms with van der Waals surface area (Å²) in [6, 6.07) is 0. The zero-order valence-corrected chi connectivity index (χ0v) is 12.6. The molecule has 2 saturated carbocycles. The number of hydrogen-bond acceptors (Lipinski definition) is 5. The first kappa shape index (κ1) is 15.0. The maximum absolute atomic E-state index is 11.7. The van der Waals surface area contributed by atoms with E-state index in [4.69, 9.17) is 9.47 Å². The highest BCUT2D eigenvalue weighted by Gasteiger charge is 2.57. The molecule has 1 aliphatic heterocycles. The third-order valence-electron chi connectivity index (χ3n) is 5.18. The molecule has 5 heteroatoms. The minimum Gasteiger partial charge on any atom is -0.458 e. The molecule has 1 saturated heterocycles. The fourth-order valence-electron chi connectivity index (χ4n) is 4.00. The van der Waals surface area contributed by atoms with Crippen molar-refractivity contribution in [1.82, 2.24) is 0 Å². The summed E-state index contributed by atoms with van der Waals surface area (Å²) in [5, 5.41) is 11.2. The van der Waals surface area contributed by atoms with Gasteiger partial charge in [0.05, 0.1) is 5.60 Å². The van der Waals surface area contributed by atoms with Gasteiger partial charge in [0.15, 0.2) is 0 Å². The number of rotatable bonds is 1. The molecule has 5 atom stereocenters. The van der Waals surface area contributed by atoms with Gasteiger partial charge in [0.1, 0.15) is 12.2 Å². The minimum absolute atomic E-state index is 0.249. The van der Waals surface area contributed by atoms with Gasteiger partial charge >= 0.3 is 11.9 Å². The lowest BCUT2D eigenvalue weighted by molar-refractivity contribution is -0.144. The molecule has 0 aromatic carbocycles. The smallest absolute Gasteiger partial charge is 0.334 e. The Balaban J connectivity index is 1.94. The molecule has 0 unspecified atom stereocenters. The normalized spacial score (nSPS) is 40.8. The number of ether oxygens (including phenoxy) is 2. The number of hydrogen-bond donors (Lipinski definition) is 1. The van der Waals surface area contributed by atoms with E-state index in [1.54, 1.807) is 0 Å². The van der Waals surface area contributed by atoms with E-state index in [0.29, 0.717) is 30.4 Å². The summed E-state index contributed by atoms with van der Waals surface area (Å²) < 4.78 is 10.6. The summed E-state index contributed by atoms with van der Waals surface area (Å²) in [5.74, 6) is -1.32. The fourth-order valence-corrected chi connectivity index (χ4v) is 4.00. The maximum atomic E-state index is 11.7. The second kappa shape index (κ2) is 4.81. The number of aliphatic hydroxyl groups is 1. The van der Waals surface area contributed by atoms with Crippen molar-refractivity contribution in [3.05, 3.63) is 36.5 Å². The molecule has 3 fully saturated rings. The van der Waals surface area contributed by atoms with Crippen molar-refractivity contribution in [3.8, 4) is 0 Å². The van der Waals surface area contributed by atoms with Crippen molar-refractivity contribution < 1.29 is 24.2 Å². The Morgan fingerprint density at radius 1 is 1.41 bits per heavy atom. The average molecular weight is 304 g/mol. The minimum atomic E-state index is -1.24. The van der Waals surface area contributed by atoms with Gasteiger partial charge < -0.3 is 14.6 Å². The van der Waals surface area contributed by atoms with Crippen molar-refractivity contribution in [3.63, 3.8) is 0 Å².